The van der Waals surface area contributed by atoms with E-state index in [2.05, 4.69) is 25.5 Å². The minimum absolute atomic E-state index is 0.159. The van der Waals surface area contributed by atoms with Gasteiger partial charge in [-0.15, -0.1) is 0 Å². The summed E-state index contributed by atoms with van der Waals surface area (Å²) in [5.41, 5.74) is 3.36. The van der Waals surface area contributed by atoms with E-state index in [9.17, 15) is 8.42 Å². The number of sulfonamides is 1. The highest BCUT2D eigenvalue weighted by molar-refractivity contribution is 7.92. The zero-order chi connectivity index (χ0) is 19.5. The van der Waals surface area contributed by atoms with Crippen molar-refractivity contribution >= 4 is 15.7 Å². The van der Waals surface area contributed by atoms with Gasteiger partial charge in [-0.2, -0.15) is 0 Å². The molecular formula is C21H29NO3S. The lowest BCUT2D eigenvalue weighted by molar-refractivity contribution is 0.309. The van der Waals surface area contributed by atoms with Crippen molar-refractivity contribution in [1.29, 1.82) is 0 Å². The Morgan fingerprint density at radius 2 is 1.62 bits per heavy atom. The number of anilines is 1. The summed E-state index contributed by atoms with van der Waals surface area (Å²) >= 11 is 0. The van der Waals surface area contributed by atoms with E-state index in [0.717, 1.165) is 23.1 Å². The van der Waals surface area contributed by atoms with Crippen molar-refractivity contribution in [2.24, 2.45) is 0 Å². The molecule has 2 aromatic rings. The lowest BCUT2D eigenvalue weighted by atomic mass is 9.87. The third kappa shape index (κ3) is 5.01. The van der Waals surface area contributed by atoms with Crippen LogP contribution in [-0.4, -0.2) is 15.0 Å². The van der Waals surface area contributed by atoms with Crippen molar-refractivity contribution in [2.45, 2.75) is 58.3 Å². The van der Waals surface area contributed by atoms with E-state index in [1.54, 1.807) is 12.1 Å². The molecule has 2 rings (SSSR count). The van der Waals surface area contributed by atoms with Gasteiger partial charge in [0.05, 0.1) is 6.61 Å². The minimum Gasteiger partial charge on any atom is -0.492 e. The number of nitrogens with one attached hydrogen (secondary N) is 1. The van der Waals surface area contributed by atoms with Crippen molar-refractivity contribution in [3.05, 3.63) is 53.1 Å². The maximum Gasteiger partial charge on any atom is 0.265 e. The summed E-state index contributed by atoms with van der Waals surface area (Å²) in [6.07, 6.45) is 0.811. The molecule has 0 aliphatic rings. The Morgan fingerprint density at radius 3 is 2.15 bits per heavy atom. The molecule has 0 amide bonds. The van der Waals surface area contributed by atoms with Gasteiger partial charge in [0, 0.05) is 5.69 Å². The predicted molar refractivity (Wildman–Crippen MR) is 108 cm³/mol. The highest BCUT2D eigenvalue weighted by Crippen LogP contribution is 2.32. The second kappa shape index (κ2) is 7.70. The average Bonchev–Trinajstić information content (AvgIpc) is 2.50. The van der Waals surface area contributed by atoms with Crippen molar-refractivity contribution < 1.29 is 13.2 Å². The maximum absolute atomic E-state index is 13.1. The molecule has 0 unspecified atom stereocenters. The minimum atomic E-state index is -3.77. The smallest absolute Gasteiger partial charge is 0.265 e. The molecule has 142 valence electrons. The fourth-order valence-corrected chi connectivity index (χ4v) is 3.97. The van der Waals surface area contributed by atoms with Crippen LogP contribution in [-0.2, 0) is 15.4 Å². The summed E-state index contributed by atoms with van der Waals surface area (Å²) in [6, 6.07) is 11.1. The van der Waals surface area contributed by atoms with Gasteiger partial charge in [0.2, 0.25) is 0 Å². The summed E-state index contributed by atoms with van der Waals surface area (Å²) in [5, 5.41) is 0. The molecule has 0 aliphatic heterocycles. The molecule has 0 saturated heterocycles. The van der Waals surface area contributed by atoms with Gasteiger partial charge in [-0.1, -0.05) is 39.8 Å². The highest BCUT2D eigenvalue weighted by atomic mass is 32.2. The van der Waals surface area contributed by atoms with E-state index in [0.29, 0.717) is 18.0 Å². The normalized spacial score (nSPS) is 12.1. The van der Waals surface area contributed by atoms with Crippen molar-refractivity contribution in [2.75, 3.05) is 11.3 Å². The molecule has 0 saturated carbocycles. The van der Waals surface area contributed by atoms with Gasteiger partial charge in [0.25, 0.3) is 10.0 Å². The lowest BCUT2D eigenvalue weighted by Crippen LogP contribution is -2.18. The first-order chi connectivity index (χ1) is 12.0. The maximum atomic E-state index is 13.1. The van der Waals surface area contributed by atoms with Gasteiger partial charge < -0.3 is 4.74 Å². The predicted octanol–water partition coefficient (Wildman–Crippen LogP) is 5.19. The first kappa shape index (κ1) is 20.3. The zero-order valence-electron chi connectivity index (χ0n) is 16.5. The van der Waals surface area contributed by atoms with E-state index in [1.807, 2.05) is 45.0 Å². The Hall–Kier alpha value is -2.01. The Morgan fingerprint density at radius 1 is 1.00 bits per heavy atom. The van der Waals surface area contributed by atoms with Gasteiger partial charge >= 0.3 is 0 Å². The monoisotopic (exact) mass is 375 g/mol. The average molecular weight is 376 g/mol. The molecule has 0 spiro atoms. The summed E-state index contributed by atoms with van der Waals surface area (Å²) in [6.45, 7) is 12.5. The summed E-state index contributed by atoms with van der Waals surface area (Å²) < 4.78 is 34.6. The first-order valence-corrected chi connectivity index (χ1v) is 10.4. The van der Waals surface area contributed by atoms with Crippen molar-refractivity contribution in [3.8, 4) is 5.75 Å². The SMILES string of the molecule is CCCOc1ccc(C(C)(C)C)cc1S(=O)(=O)Nc1cc(C)cc(C)c1. The second-order valence-electron chi connectivity index (χ2n) is 7.74. The standard InChI is InChI=1S/C21H29NO3S/c1-7-10-25-19-9-8-17(21(4,5)6)14-20(19)26(23,24)22-18-12-15(2)11-16(3)13-18/h8-9,11-14,22H,7,10H2,1-6H3. The molecule has 5 heteroatoms. The molecule has 0 radical (unpaired) electrons. The van der Waals surface area contributed by atoms with Crippen molar-refractivity contribution in [1.82, 2.24) is 0 Å². The molecule has 0 fully saturated rings. The van der Waals surface area contributed by atoms with Crippen LogP contribution in [0.4, 0.5) is 5.69 Å². The van der Waals surface area contributed by atoms with E-state index >= 15 is 0 Å². The molecular weight excluding hydrogens is 346 g/mol. The highest BCUT2D eigenvalue weighted by Gasteiger charge is 2.24. The van der Waals surface area contributed by atoms with E-state index in [1.165, 1.54) is 0 Å². The molecule has 26 heavy (non-hydrogen) atoms. The Balaban J connectivity index is 2.50. The van der Waals surface area contributed by atoms with Crippen LogP contribution < -0.4 is 9.46 Å². The van der Waals surface area contributed by atoms with Crippen LogP contribution >= 0.6 is 0 Å². The van der Waals surface area contributed by atoms with Crippen LogP contribution in [0.1, 0.15) is 50.8 Å². The summed E-state index contributed by atoms with van der Waals surface area (Å²) in [5.74, 6) is 0.386. The van der Waals surface area contributed by atoms with Gasteiger partial charge in [-0.3, -0.25) is 4.72 Å². The van der Waals surface area contributed by atoms with Crippen LogP contribution in [0.15, 0.2) is 41.3 Å². The molecule has 0 bridgehead atoms. The number of rotatable bonds is 6. The number of ether oxygens (including phenoxy) is 1. The molecule has 4 nitrogen and oxygen atoms in total. The van der Waals surface area contributed by atoms with Crippen molar-refractivity contribution in [3.63, 3.8) is 0 Å². The van der Waals surface area contributed by atoms with Gasteiger partial charge in [0.1, 0.15) is 10.6 Å². The number of hydrogen-bond acceptors (Lipinski definition) is 3. The van der Waals surface area contributed by atoms with Crippen LogP contribution in [0, 0.1) is 13.8 Å². The van der Waals surface area contributed by atoms with E-state index in [-0.39, 0.29) is 10.3 Å². The second-order valence-corrected chi connectivity index (χ2v) is 9.39. The topological polar surface area (TPSA) is 55.4 Å². The largest absolute Gasteiger partial charge is 0.492 e. The third-order valence-electron chi connectivity index (χ3n) is 4.03. The van der Waals surface area contributed by atoms with Crippen LogP contribution in [0.3, 0.4) is 0 Å². The first-order valence-electron chi connectivity index (χ1n) is 8.91. The molecule has 0 atom stereocenters. The summed E-state index contributed by atoms with van der Waals surface area (Å²) in [4.78, 5) is 0.178. The number of hydrogen-bond donors (Lipinski definition) is 1. The van der Waals surface area contributed by atoms with Gasteiger partial charge in [-0.05, 0) is 66.6 Å². The quantitative estimate of drug-likeness (QED) is 0.756. The molecule has 0 heterocycles. The third-order valence-corrected chi connectivity index (χ3v) is 5.44. The fourth-order valence-electron chi connectivity index (χ4n) is 2.76. The lowest BCUT2D eigenvalue weighted by Gasteiger charge is -2.22. The number of aryl methyl sites for hydroxylation is 2. The van der Waals surface area contributed by atoms with Crippen LogP contribution in [0.2, 0.25) is 0 Å². The zero-order valence-corrected chi connectivity index (χ0v) is 17.3. The molecule has 1 N–H and O–H groups in total. The van der Waals surface area contributed by atoms with Crippen LogP contribution in [0.25, 0.3) is 0 Å². The van der Waals surface area contributed by atoms with E-state index < -0.39 is 10.0 Å². The molecule has 2 aromatic carbocycles. The Labute approximate surface area is 157 Å². The molecule has 0 aromatic heterocycles. The van der Waals surface area contributed by atoms with Gasteiger partial charge in [0.15, 0.2) is 0 Å². The summed E-state index contributed by atoms with van der Waals surface area (Å²) in [7, 11) is -3.77. The number of benzene rings is 2. The van der Waals surface area contributed by atoms with Crippen LogP contribution in [0.5, 0.6) is 5.75 Å². The molecule has 0 aliphatic carbocycles. The Kier molecular flexibility index (Phi) is 6.02. The Bertz CT molecular complexity index is 860. The van der Waals surface area contributed by atoms with E-state index in [4.69, 9.17) is 4.74 Å². The fraction of sp³-hybridized carbons (Fsp3) is 0.429. The van der Waals surface area contributed by atoms with Gasteiger partial charge in [-0.25, -0.2) is 8.42 Å².